The van der Waals surface area contributed by atoms with Crippen molar-refractivity contribution in [2.45, 2.75) is 49.8 Å². The molecule has 17 heavy (non-hydrogen) atoms. The Balaban J connectivity index is 1.52. The topological polar surface area (TPSA) is 49.4 Å². The minimum Gasteiger partial charge on any atom is -0.301 e. The summed E-state index contributed by atoms with van der Waals surface area (Å²) in [6.07, 6.45) is 6.59. The van der Waals surface area contributed by atoms with E-state index < -0.39 is 10.0 Å². The van der Waals surface area contributed by atoms with Gasteiger partial charge < -0.3 is 4.90 Å². The van der Waals surface area contributed by atoms with Crippen LogP contribution in [-0.2, 0) is 10.0 Å². The molecule has 5 heteroatoms. The van der Waals surface area contributed by atoms with E-state index in [1.54, 1.807) is 0 Å². The van der Waals surface area contributed by atoms with Crippen LogP contribution in [0.2, 0.25) is 0 Å². The quantitative estimate of drug-likeness (QED) is 0.798. The second-order valence-corrected chi connectivity index (χ2v) is 7.90. The number of likely N-dealkylation sites (tertiary alicyclic amines) is 1. The molecule has 2 aliphatic carbocycles. The van der Waals surface area contributed by atoms with Crippen molar-refractivity contribution in [2.75, 3.05) is 19.6 Å². The maximum absolute atomic E-state index is 11.9. The summed E-state index contributed by atoms with van der Waals surface area (Å²) in [5.74, 6) is 0.897. The van der Waals surface area contributed by atoms with Gasteiger partial charge in [-0.05, 0) is 51.0 Å². The first kappa shape index (κ1) is 11.9. The molecule has 0 radical (unpaired) electrons. The number of piperidine rings is 1. The lowest BCUT2D eigenvalue weighted by Crippen LogP contribution is -2.48. The molecule has 1 atom stereocenters. The molecule has 1 N–H and O–H groups in total. The van der Waals surface area contributed by atoms with E-state index in [0.717, 1.165) is 44.7 Å². The zero-order valence-electron chi connectivity index (χ0n) is 10.3. The van der Waals surface area contributed by atoms with Gasteiger partial charge in [0.05, 0.1) is 5.25 Å². The van der Waals surface area contributed by atoms with Crippen LogP contribution in [0.1, 0.15) is 38.5 Å². The van der Waals surface area contributed by atoms with Crippen LogP contribution in [0.15, 0.2) is 0 Å². The maximum atomic E-state index is 11.9. The zero-order chi connectivity index (χ0) is 11.9. The lowest BCUT2D eigenvalue weighted by atomic mass is 10.1. The van der Waals surface area contributed by atoms with Crippen LogP contribution in [0.5, 0.6) is 0 Å². The molecule has 0 aromatic rings. The van der Waals surface area contributed by atoms with E-state index in [-0.39, 0.29) is 11.3 Å². The van der Waals surface area contributed by atoms with Gasteiger partial charge in [-0.3, -0.25) is 0 Å². The Labute approximate surface area is 104 Å². The molecule has 0 aromatic heterocycles. The molecule has 0 aromatic carbocycles. The van der Waals surface area contributed by atoms with Gasteiger partial charge in [0.1, 0.15) is 0 Å². The van der Waals surface area contributed by atoms with Crippen molar-refractivity contribution in [3.8, 4) is 0 Å². The molecule has 0 spiro atoms. The Bertz CT molecular complexity index is 374. The molecule has 2 saturated carbocycles. The van der Waals surface area contributed by atoms with Gasteiger partial charge in [-0.1, -0.05) is 0 Å². The van der Waals surface area contributed by atoms with Crippen molar-refractivity contribution >= 4 is 10.0 Å². The fourth-order valence-electron chi connectivity index (χ4n) is 2.69. The van der Waals surface area contributed by atoms with Crippen LogP contribution in [-0.4, -0.2) is 44.2 Å². The lowest BCUT2D eigenvalue weighted by Gasteiger charge is -2.33. The molecular formula is C12H22N2O2S. The smallest absolute Gasteiger partial charge is 0.214 e. The molecule has 1 aliphatic heterocycles. The lowest BCUT2D eigenvalue weighted by molar-refractivity contribution is 0.195. The first-order chi connectivity index (χ1) is 8.13. The third kappa shape index (κ3) is 3.20. The predicted molar refractivity (Wildman–Crippen MR) is 67.3 cm³/mol. The Morgan fingerprint density at radius 3 is 2.53 bits per heavy atom. The van der Waals surface area contributed by atoms with Crippen LogP contribution in [0.3, 0.4) is 0 Å². The normalized spacial score (nSPS) is 31.6. The van der Waals surface area contributed by atoms with Crippen LogP contribution in [0, 0.1) is 5.92 Å². The highest BCUT2D eigenvalue weighted by Crippen LogP contribution is 2.31. The number of nitrogens with one attached hydrogen (secondary N) is 1. The summed E-state index contributed by atoms with van der Waals surface area (Å²) in [6, 6.07) is 0.160. The SMILES string of the molecule is O=S(=O)(NC1CCCN(CC2CC2)C1)C1CC1. The molecule has 1 unspecified atom stereocenters. The molecule has 3 fully saturated rings. The van der Waals surface area contributed by atoms with Crippen LogP contribution < -0.4 is 4.72 Å². The standard InChI is InChI=1S/C12H22N2O2S/c15-17(16,12-5-6-12)13-11-2-1-7-14(9-11)8-10-3-4-10/h10-13H,1-9H2. The average Bonchev–Trinajstić information content (AvgIpc) is 3.12. The second kappa shape index (κ2) is 4.52. The summed E-state index contributed by atoms with van der Waals surface area (Å²) in [4.78, 5) is 2.45. The molecule has 4 nitrogen and oxygen atoms in total. The van der Waals surface area contributed by atoms with E-state index in [0.29, 0.717) is 0 Å². The number of hydrogen-bond donors (Lipinski definition) is 1. The zero-order valence-corrected chi connectivity index (χ0v) is 11.1. The highest BCUT2D eigenvalue weighted by Gasteiger charge is 2.38. The van der Waals surface area contributed by atoms with Gasteiger partial charge >= 0.3 is 0 Å². The molecule has 0 bridgehead atoms. The summed E-state index contributed by atoms with van der Waals surface area (Å²) >= 11 is 0. The summed E-state index contributed by atoms with van der Waals surface area (Å²) in [5, 5.41) is -0.0821. The molecule has 98 valence electrons. The first-order valence-corrected chi connectivity index (χ1v) is 8.41. The molecule has 1 heterocycles. The number of rotatable bonds is 5. The number of hydrogen-bond acceptors (Lipinski definition) is 3. The number of sulfonamides is 1. The predicted octanol–water partition coefficient (Wildman–Crippen LogP) is 0.943. The third-order valence-corrected chi connectivity index (χ3v) is 6.02. The van der Waals surface area contributed by atoms with E-state index in [2.05, 4.69) is 9.62 Å². The summed E-state index contributed by atoms with van der Waals surface area (Å²) < 4.78 is 26.7. The van der Waals surface area contributed by atoms with E-state index in [1.807, 2.05) is 0 Å². The maximum Gasteiger partial charge on any atom is 0.214 e. The van der Waals surface area contributed by atoms with Crippen LogP contribution in [0.4, 0.5) is 0 Å². The van der Waals surface area contributed by atoms with Gasteiger partial charge in [0.25, 0.3) is 0 Å². The fraction of sp³-hybridized carbons (Fsp3) is 1.00. The molecule has 1 saturated heterocycles. The van der Waals surface area contributed by atoms with E-state index in [1.165, 1.54) is 19.4 Å². The van der Waals surface area contributed by atoms with Crippen LogP contribution in [0.25, 0.3) is 0 Å². The summed E-state index contributed by atoms with van der Waals surface area (Å²) in [7, 11) is -3.00. The monoisotopic (exact) mass is 258 g/mol. The third-order valence-electron chi connectivity index (χ3n) is 4.01. The highest BCUT2D eigenvalue weighted by molar-refractivity contribution is 7.90. The van der Waals surface area contributed by atoms with E-state index in [4.69, 9.17) is 0 Å². The van der Waals surface area contributed by atoms with Crippen LogP contribution >= 0.6 is 0 Å². The first-order valence-electron chi connectivity index (χ1n) is 6.87. The van der Waals surface area contributed by atoms with Gasteiger partial charge in [-0.2, -0.15) is 0 Å². The molecular weight excluding hydrogens is 236 g/mol. The molecule has 0 amide bonds. The minimum atomic E-state index is -3.00. The van der Waals surface area contributed by atoms with E-state index >= 15 is 0 Å². The fourth-order valence-corrected chi connectivity index (χ4v) is 4.30. The van der Waals surface area contributed by atoms with Crippen molar-refractivity contribution in [1.82, 2.24) is 9.62 Å². The van der Waals surface area contributed by atoms with Gasteiger partial charge in [-0.25, -0.2) is 13.1 Å². The van der Waals surface area contributed by atoms with Gasteiger partial charge in [0, 0.05) is 19.1 Å². The van der Waals surface area contributed by atoms with Crippen molar-refractivity contribution < 1.29 is 8.42 Å². The Kier molecular flexibility index (Phi) is 3.17. The van der Waals surface area contributed by atoms with E-state index in [9.17, 15) is 8.42 Å². The van der Waals surface area contributed by atoms with Crippen molar-refractivity contribution in [1.29, 1.82) is 0 Å². The largest absolute Gasteiger partial charge is 0.301 e. The average molecular weight is 258 g/mol. The number of nitrogens with zero attached hydrogens (tertiary/aromatic N) is 1. The summed E-state index contributed by atoms with van der Waals surface area (Å²) in [5.41, 5.74) is 0. The van der Waals surface area contributed by atoms with Crippen molar-refractivity contribution in [3.63, 3.8) is 0 Å². The molecule has 3 rings (SSSR count). The van der Waals surface area contributed by atoms with Gasteiger partial charge in [0.2, 0.25) is 10.0 Å². The van der Waals surface area contributed by atoms with Crippen molar-refractivity contribution in [3.05, 3.63) is 0 Å². The van der Waals surface area contributed by atoms with Crippen molar-refractivity contribution in [2.24, 2.45) is 5.92 Å². The Morgan fingerprint density at radius 2 is 1.88 bits per heavy atom. The Hall–Kier alpha value is -0.130. The Morgan fingerprint density at radius 1 is 1.12 bits per heavy atom. The summed E-state index contributed by atoms with van der Waals surface area (Å²) in [6.45, 7) is 3.25. The molecule has 3 aliphatic rings. The van der Waals surface area contributed by atoms with Gasteiger partial charge in [0.15, 0.2) is 0 Å². The second-order valence-electron chi connectivity index (χ2n) is 5.90. The van der Waals surface area contributed by atoms with Gasteiger partial charge in [-0.15, -0.1) is 0 Å². The minimum absolute atomic E-state index is 0.0821. The highest BCUT2D eigenvalue weighted by atomic mass is 32.2.